The third-order valence-corrected chi connectivity index (χ3v) is 6.65. The lowest BCUT2D eigenvalue weighted by Gasteiger charge is -2.36. The van der Waals surface area contributed by atoms with E-state index in [9.17, 15) is 5.11 Å². The van der Waals surface area contributed by atoms with Crippen LogP contribution in [0.4, 0.5) is 0 Å². The molecule has 5 heterocycles. The van der Waals surface area contributed by atoms with Crippen LogP contribution in [0.3, 0.4) is 0 Å². The van der Waals surface area contributed by atoms with Crippen LogP contribution in [0.2, 0.25) is 5.02 Å². The normalized spacial score (nSPS) is 19.3. The van der Waals surface area contributed by atoms with Crippen LogP contribution >= 0.6 is 36.4 Å². The number of aliphatic hydroxyl groups excluding tert-OH is 1. The summed E-state index contributed by atoms with van der Waals surface area (Å²) >= 11 is 6.47. The molecule has 0 aliphatic carbocycles. The standard InChI is InChI=1S/C24H28ClN5O4.2ClH/c1-32-23-3-2-19-24(29-23)16(17(25)12-28-19)4-6-30-7-5-18(20(31)14-30)27-11-15-10-21-22(13-26-15)34-9-8-33-21;;/h2-3,10,12-13,18,20,27,31H,4-9,11,14H2,1H3;2*1H. The van der Waals surface area contributed by atoms with Crippen molar-refractivity contribution < 1.29 is 19.3 Å². The van der Waals surface area contributed by atoms with E-state index < -0.39 is 6.10 Å². The molecule has 2 unspecified atom stereocenters. The number of rotatable bonds is 7. The smallest absolute Gasteiger partial charge is 0.213 e. The number of aliphatic hydroxyl groups is 1. The molecule has 1 saturated heterocycles. The van der Waals surface area contributed by atoms with Crippen molar-refractivity contribution in [1.29, 1.82) is 0 Å². The Labute approximate surface area is 227 Å². The molecule has 1 fully saturated rings. The topological polar surface area (TPSA) is 102 Å². The zero-order chi connectivity index (χ0) is 23.5. The third-order valence-electron chi connectivity index (χ3n) is 6.32. The second-order valence-electron chi connectivity index (χ2n) is 8.52. The van der Waals surface area contributed by atoms with Crippen molar-refractivity contribution in [3.8, 4) is 17.4 Å². The first kappa shape index (κ1) is 28.4. The molecule has 3 aromatic rings. The van der Waals surface area contributed by atoms with Gasteiger partial charge in [-0.3, -0.25) is 9.97 Å². The number of methoxy groups -OCH3 is 1. The maximum Gasteiger partial charge on any atom is 0.213 e. The van der Waals surface area contributed by atoms with Crippen molar-refractivity contribution in [3.63, 3.8) is 0 Å². The Kier molecular flexibility index (Phi) is 10.2. The van der Waals surface area contributed by atoms with Crippen LogP contribution in [-0.2, 0) is 13.0 Å². The fourth-order valence-corrected chi connectivity index (χ4v) is 4.69. The van der Waals surface area contributed by atoms with Gasteiger partial charge in [-0.25, -0.2) is 4.98 Å². The van der Waals surface area contributed by atoms with Crippen molar-refractivity contribution in [2.75, 3.05) is 40.0 Å². The maximum atomic E-state index is 10.8. The van der Waals surface area contributed by atoms with Crippen molar-refractivity contribution in [3.05, 3.63) is 46.9 Å². The number of halogens is 3. The number of aromatic nitrogens is 3. The molecule has 36 heavy (non-hydrogen) atoms. The molecule has 3 aromatic heterocycles. The van der Waals surface area contributed by atoms with Gasteiger partial charge in [-0.2, -0.15) is 0 Å². The molecule has 2 aliphatic rings. The Balaban J connectivity index is 0.00000180. The summed E-state index contributed by atoms with van der Waals surface area (Å²) in [5, 5.41) is 14.8. The van der Waals surface area contributed by atoms with Crippen LogP contribution in [-0.4, -0.2) is 77.1 Å². The summed E-state index contributed by atoms with van der Waals surface area (Å²) in [5.74, 6) is 1.94. The fourth-order valence-electron chi connectivity index (χ4n) is 4.46. The Morgan fingerprint density at radius 3 is 2.75 bits per heavy atom. The summed E-state index contributed by atoms with van der Waals surface area (Å²) in [6, 6.07) is 5.58. The van der Waals surface area contributed by atoms with E-state index in [4.69, 9.17) is 25.8 Å². The SMILES string of the molecule is COc1ccc2ncc(Cl)c(CCN3CCC(NCc4cc5c(cn4)OCCO5)C(O)C3)c2n1.Cl.Cl. The molecule has 196 valence electrons. The molecule has 2 atom stereocenters. The molecule has 0 spiro atoms. The van der Waals surface area contributed by atoms with Crippen LogP contribution in [0.1, 0.15) is 17.7 Å². The van der Waals surface area contributed by atoms with Gasteiger partial charge >= 0.3 is 0 Å². The molecule has 0 bridgehead atoms. The van der Waals surface area contributed by atoms with Gasteiger partial charge in [0.25, 0.3) is 0 Å². The summed E-state index contributed by atoms with van der Waals surface area (Å²) in [6.07, 6.45) is 4.44. The van der Waals surface area contributed by atoms with E-state index in [2.05, 4.69) is 25.2 Å². The average Bonchev–Trinajstić information content (AvgIpc) is 2.87. The van der Waals surface area contributed by atoms with E-state index in [1.807, 2.05) is 12.1 Å². The first-order chi connectivity index (χ1) is 16.6. The lowest BCUT2D eigenvalue weighted by Crippen LogP contribution is -2.52. The maximum absolute atomic E-state index is 10.8. The van der Waals surface area contributed by atoms with Gasteiger partial charge in [0.1, 0.15) is 13.2 Å². The molecule has 5 rings (SSSR count). The summed E-state index contributed by atoms with van der Waals surface area (Å²) in [6.45, 7) is 3.89. The third kappa shape index (κ3) is 6.40. The van der Waals surface area contributed by atoms with E-state index in [0.717, 1.165) is 47.6 Å². The number of likely N-dealkylation sites (tertiary alicyclic amines) is 1. The molecule has 12 heteroatoms. The quantitative estimate of drug-likeness (QED) is 0.453. The summed E-state index contributed by atoms with van der Waals surface area (Å²) in [4.78, 5) is 15.6. The molecule has 2 aliphatic heterocycles. The minimum Gasteiger partial charge on any atom is -0.486 e. The first-order valence-electron chi connectivity index (χ1n) is 11.5. The predicted octanol–water partition coefficient (Wildman–Crippen LogP) is 3.07. The number of hydrogen-bond donors (Lipinski definition) is 2. The zero-order valence-electron chi connectivity index (χ0n) is 19.9. The Morgan fingerprint density at radius 2 is 1.97 bits per heavy atom. The lowest BCUT2D eigenvalue weighted by atomic mass is 10.0. The largest absolute Gasteiger partial charge is 0.486 e. The van der Waals surface area contributed by atoms with E-state index in [0.29, 0.717) is 49.4 Å². The number of hydrogen-bond acceptors (Lipinski definition) is 9. The Hall–Kier alpha value is -2.14. The van der Waals surface area contributed by atoms with Crippen molar-refractivity contribution in [2.45, 2.75) is 31.5 Å². The van der Waals surface area contributed by atoms with Crippen LogP contribution in [0.5, 0.6) is 17.4 Å². The van der Waals surface area contributed by atoms with Crippen molar-refractivity contribution in [1.82, 2.24) is 25.2 Å². The molecule has 2 N–H and O–H groups in total. The second-order valence-corrected chi connectivity index (χ2v) is 8.93. The zero-order valence-corrected chi connectivity index (χ0v) is 22.2. The van der Waals surface area contributed by atoms with Crippen molar-refractivity contribution >= 4 is 47.4 Å². The summed E-state index contributed by atoms with van der Waals surface area (Å²) in [5.41, 5.74) is 3.36. The van der Waals surface area contributed by atoms with Gasteiger partial charge in [0.15, 0.2) is 11.5 Å². The predicted molar refractivity (Wildman–Crippen MR) is 142 cm³/mol. The lowest BCUT2D eigenvalue weighted by molar-refractivity contribution is 0.0403. The molecule has 9 nitrogen and oxygen atoms in total. The van der Waals surface area contributed by atoms with Crippen LogP contribution in [0.15, 0.2) is 30.6 Å². The van der Waals surface area contributed by atoms with Crippen LogP contribution in [0.25, 0.3) is 11.0 Å². The van der Waals surface area contributed by atoms with E-state index >= 15 is 0 Å². The van der Waals surface area contributed by atoms with Gasteiger partial charge in [0.2, 0.25) is 5.88 Å². The number of piperidine rings is 1. The van der Waals surface area contributed by atoms with Crippen molar-refractivity contribution in [2.24, 2.45) is 0 Å². The summed E-state index contributed by atoms with van der Waals surface area (Å²) < 4.78 is 16.4. The molecule has 0 radical (unpaired) electrons. The minimum atomic E-state index is -0.478. The van der Waals surface area contributed by atoms with E-state index in [1.165, 1.54) is 0 Å². The highest BCUT2D eigenvalue weighted by atomic mass is 35.5. The number of nitrogens with zero attached hydrogens (tertiary/aromatic N) is 4. The highest BCUT2D eigenvalue weighted by molar-refractivity contribution is 6.32. The van der Waals surface area contributed by atoms with Gasteiger partial charge in [0, 0.05) is 49.6 Å². The molecule has 0 aromatic carbocycles. The number of ether oxygens (including phenoxy) is 3. The summed E-state index contributed by atoms with van der Waals surface area (Å²) in [7, 11) is 1.59. The van der Waals surface area contributed by atoms with Gasteiger partial charge in [0.05, 0.1) is 41.2 Å². The average molecular weight is 559 g/mol. The van der Waals surface area contributed by atoms with Crippen LogP contribution in [0, 0.1) is 0 Å². The molecular formula is C24H30Cl3N5O4. The fraction of sp³-hybridized carbons (Fsp3) is 0.458. The van der Waals surface area contributed by atoms with Gasteiger partial charge in [-0.05, 0) is 25.5 Å². The van der Waals surface area contributed by atoms with Crippen LogP contribution < -0.4 is 19.5 Å². The van der Waals surface area contributed by atoms with E-state index in [-0.39, 0.29) is 30.9 Å². The van der Waals surface area contributed by atoms with Gasteiger partial charge < -0.3 is 29.5 Å². The first-order valence-corrected chi connectivity index (χ1v) is 11.8. The monoisotopic (exact) mass is 557 g/mol. The number of nitrogens with one attached hydrogen (secondary N) is 1. The molecule has 0 saturated carbocycles. The molecular weight excluding hydrogens is 529 g/mol. The Morgan fingerprint density at radius 1 is 1.17 bits per heavy atom. The Bertz CT molecular complexity index is 1170. The van der Waals surface area contributed by atoms with Gasteiger partial charge in [-0.1, -0.05) is 11.6 Å². The van der Waals surface area contributed by atoms with Gasteiger partial charge in [-0.15, -0.1) is 24.8 Å². The number of fused-ring (bicyclic) bond motifs is 2. The minimum absolute atomic E-state index is 0. The highest BCUT2D eigenvalue weighted by Gasteiger charge is 2.27. The number of pyridine rings is 3. The van der Waals surface area contributed by atoms with E-state index in [1.54, 1.807) is 25.6 Å². The highest BCUT2D eigenvalue weighted by Crippen LogP contribution is 2.29. The molecule has 0 amide bonds. The number of β-amino-alcohol motifs (C(OH)–C–C–N with tert-alkyl or cyclic N) is 1. The second kappa shape index (κ2) is 12.9.